The largest absolute Gasteiger partial charge is 0.497 e. The van der Waals surface area contributed by atoms with Crippen LogP contribution in [-0.2, 0) is 6.18 Å². The average molecular weight is 742 g/mol. The molecule has 2 amide bonds. The summed E-state index contributed by atoms with van der Waals surface area (Å²) in [7, 11) is 5.05. The maximum absolute atomic E-state index is 14.2. The van der Waals surface area contributed by atoms with E-state index in [-0.39, 0.29) is 40.2 Å². The summed E-state index contributed by atoms with van der Waals surface area (Å²) in [5, 5.41) is 5.67. The fourth-order valence-electron chi connectivity index (χ4n) is 5.74. The summed E-state index contributed by atoms with van der Waals surface area (Å²) in [6.45, 7) is 5.53. The molecular weight excluding hydrogens is 703 g/mol. The number of aryl methyl sites for hydroxylation is 1. The molecule has 0 unspecified atom stereocenters. The molecule has 280 valence electrons. The van der Waals surface area contributed by atoms with Gasteiger partial charge in [-0.15, -0.1) is 0 Å². The number of amides is 2. The molecule has 1 aliphatic heterocycles. The van der Waals surface area contributed by atoms with Gasteiger partial charge < -0.3 is 34.6 Å². The molecule has 0 bridgehead atoms. The lowest BCUT2D eigenvalue weighted by atomic mass is 10.1. The Kier molecular flexibility index (Phi) is 11.2. The molecule has 1 aromatic heterocycles. The third-order valence-electron chi connectivity index (χ3n) is 8.77. The molecule has 15 heteroatoms. The van der Waals surface area contributed by atoms with Crippen molar-refractivity contribution in [2.24, 2.45) is 0 Å². The predicted octanol–water partition coefficient (Wildman–Crippen LogP) is 7.91. The van der Waals surface area contributed by atoms with Crippen molar-refractivity contribution in [2.75, 3.05) is 67.9 Å². The number of aromatic nitrogens is 2. The van der Waals surface area contributed by atoms with Crippen LogP contribution in [0.2, 0.25) is 0 Å². The Balaban J connectivity index is 1.27. The first kappa shape index (κ1) is 37.4. The number of carbonyl (C=O) groups excluding carboxylic acids is 2. The summed E-state index contributed by atoms with van der Waals surface area (Å²) in [5.41, 5.74) is 1.70. The summed E-state index contributed by atoms with van der Waals surface area (Å²) >= 11 is 0. The highest BCUT2D eigenvalue weighted by molar-refractivity contribution is 6.05. The highest BCUT2D eigenvalue weighted by atomic mass is 19.4. The second kappa shape index (κ2) is 16.1. The number of ether oxygens (including phenoxy) is 3. The number of hydrogen-bond acceptors (Lipinski definition) is 10. The number of nitrogens with zero attached hydrogens (tertiary/aromatic N) is 5. The molecule has 6 rings (SSSR count). The van der Waals surface area contributed by atoms with E-state index < -0.39 is 23.7 Å². The van der Waals surface area contributed by atoms with Gasteiger partial charge in [-0.05, 0) is 86.3 Å². The fourth-order valence-corrected chi connectivity index (χ4v) is 5.74. The van der Waals surface area contributed by atoms with Crippen LogP contribution < -0.4 is 34.6 Å². The van der Waals surface area contributed by atoms with Gasteiger partial charge in [0, 0.05) is 67.1 Å². The van der Waals surface area contributed by atoms with Crippen LogP contribution in [0.5, 0.6) is 17.2 Å². The van der Waals surface area contributed by atoms with E-state index in [4.69, 9.17) is 14.2 Å². The van der Waals surface area contributed by atoms with Crippen molar-refractivity contribution in [3.63, 3.8) is 0 Å². The molecule has 0 radical (unpaired) electrons. The molecule has 1 fully saturated rings. The second-order valence-electron chi connectivity index (χ2n) is 12.5. The van der Waals surface area contributed by atoms with Gasteiger partial charge in [-0.3, -0.25) is 4.79 Å². The van der Waals surface area contributed by atoms with E-state index in [1.165, 1.54) is 55.6 Å². The van der Waals surface area contributed by atoms with Gasteiger partial charge in [-0.1, -0.05) is 12.1 Å². The molecule has 0 atom stereocenters. The van der Waals surface area contributed by atoms with Crippen LogP contribution in [0.25, 0.3) is 0 Å². The number of carbonyl (C=O) groups is 2. The van der Waals surface area contributed by atoms with E-state index in [1.807, 2.05) is 24.3 Å². The number of methoxy groups -OCH3 is 2. The first-order valence-electron chi connectivity index (χ1n) is 16.9. The van der Waals surface area contributed by atoms with Crippen molar-refractivity contribution in [1.29, 1.82) is 0 Å². The zero-order valence-corrected chi connectivity index (χ0v) is 30.0. The molecule has 4 aromatic carbocycles. The Morgan fingerprint density at radius 1 is 0.833 bits per heavy atom. The number of rotatable bonds is 10. The maximum Gasteiger partial charge on any atom is 0.425 e. The van der Waals surface area contributed by atoms with Crippen LogP contribution in [-0.4, -0.2) is 74.3 Å². The smallest absolute Gasteiger partial charge is 0.425 e. The van der Waals surface area contributed by atoms with Crippen LogP contribution in [0.15, 0.2) is 97.2 Å². The number of alkyl halides is 3. The van der Waals surface area contributed by atoms with Gasteiger partial charge in [0.2, 0.25) is 5.95 Å². The molecule has 1 saturated heterocycles. The van der Waals surface area contributed by atoms with Gasteiger partial charge in [-0.2, -0.15) is 18.2 Å². The Morgan fingerprint density at radius 3 is 2.30 bits per heavy atom. The summed E-state index contributed by atoms with van der Waals surface area (Å²) in [5.74, 6) is 0.403. The monoisotopic (exact) mass is 741 g/mol. The summed E-state index contributed by atoms with van der Waals surface area (Å²) in [6, 6.07) is 22.9. The van der Waals surface area contributed by atoms with Crippen LogP contribution in [0, 0.1) is 6.92 Å². The number of likely N-dealkylation sites (N-methyl/N-ethyl adjacent to an activating group) is 1. The van der Waals surface area contributed by atoms with Crippen molar-refractivity contribution in [3.05, 3.63) is 114 Å². The molecule has 2 heterocycles. The summed E-state index contributed by atoms with van der Waals surface area (Å²) in [6.07, 6.45) is -4.00. The molecular formula is C39H38F3N7O5. The molecule has 1 aliphatic rings. The molecule has 54 heavy (non-hydrogen) atoms. The van der Waals surface area contributed by atoms with Crippen molar-refractivity contribution in [3.8, 4) is 17.2 Å². The Morgan fingerprint density at radius 2 is 1.59 bits per heavy atom. The first-order valence-corrected chi connectivity index (χ1v) is 16.9. The third-order valence-corrected chi connectivity index (χ3v) is 8.77. The lowest BCUT2D eigenvalue weighted by Gasteiger charge is -2.34. The Hall–Kier alpha value is -6.35. The number of hydrogen-bond donors (Lipinski definition) is 2. The lowest BCUT2D eigenvalue weighted by Crippen LogP contribution is -2.44. The minimum Gasteiger partial charge on any atom is -0.497 e. The zero-order chi connectivity index (χ0) is 38.4. The molecule has 0 saturated carbocycles. The van der Waals surface area contributed by atoms with E-state index in [9.17, 15) is 22.8 Å². The highest BCUT2D eigenvalue weighted by Gasteiger charge is 2.31. The van der Waals surface area contributed by atoms with E-state index in [0.29, 0.717) is 11.3 Å². The van der Waals surface area contributed by atoms with Gasteiger partial charge in [0.15, 0.2) is 0 Å². The number of benzene rings is 4. The summed E-state index contributed by atoms with van der Waals surface area (Å²) in [4.78, 5) is 42.2. The van der Waals surface area contributed by atoms with Crippen molar-refractivity contribution < 1.29 is 37.0 Å². The number of halogens is 3. The van der Waals surface area contributed by atoms with Gasteiger partial charge in [0.1, 0.15) is 23.1 Å². The van der Waals surface area contributed by atoms with Crippen molar-refractivity contribution >= 4 is 46.5 Å². The van der Waals surface area contributed by atoms with Crippen molar-refractivity contribution in [2.45, 2.75) is 13.1 Å². The molecule has 0 aliphatic carbocycles. The second-order valence-corrected chi connectivity index (χ2v) is 12.5. The van der Waals surface area contributed by atoms with E-state index in [2.05, 4.69) is 37.4 Å². The lowest BCUT2D eigenvalue weighted by molar-refractivity contribution is -0.137. The molecule has 0 spiro atoms. The van der Waals surface area contributed by atoms with Gasteiger partial charge >= 0.3 is 12.3 Å². The number of piperazine rings is 1. The molecule has 12 nitrogen and oxygen atoms in total. The highest BCUT2D eigenvalue weighted by Crippen LogP contribution is 2.37. The third kappa shape index (κ3) is 8.81. The summed E-state index contributed by atoms with van der Waals surface area (Å²) < 4.78 is 56.6. The Bertz CT molecular complexity index is 2120. The van der Waals surface area contributed by atoms with Crippen LogP contribution in [0.3, 0.4) is 0 Å². The fraction of sp³-hybridized carbons (Fsp3) is 0.231. The normalized spacial score (nSPS) is 13.2. The van der Waals surface area contributed by atoms with Crippen LogP contribution in [0.1, 0.15) is 21.5 Å². The van der Waals surface area contributed by atoms with Gasteiger partial charge in [0.25, 0.3) is 5.91 Å². The minimum atomic E-state index is -4.58. The molecule has 2 N–H and O–H groups in total. The first-order chi connectivity index (χ1) is 25.9. The number of nitrogens with one attached hydrogen (secondary N) is 2. The topological polar surface area (TPSA) is 121 Å². The van der Waals surface area contributed by atoms with E-state index >= 15 is 0 Å². The average Bonchev–Trinajstić information content (AvgIpc) is 3.16. The Labute approximate surface area is 310 Å². The number of anilines is 6. The van der Waals surface area contributed by atoms with Crippen LogP contribution >= 0.6 is 0 Å². The maximum atomic E-state index is 14.2. The van der Waals surface area contributed by atoms with Gasteiger partial charge in [0.05, 0.1) is 25.5 Å². The quantitative estimate of drug-likeness (QED) is 0.146. The standard InChI is InChI=1S/C39H38F3N7O5/c1-25-8-9-26(36(50)44-29-7-5-6-27(23-29)39(40,41)42)22-33(25)54-38(51)49(32-15-14-31(52-3)24-34(32)53-4)35-16-17-43-37(46-35)45-28-10-12-30(13-11-28)48-20-18-47(2)19-21-48/h5-17,22-24H,18-21H2,1-4H3,(H,44,50)(H,43,45,46). The van der Waals surface area contributed by atoms with Gasteiger partial charge in [-0.25, -0.2) is 14.7 Å². The van der Waals surface area contributed by atoms with E-state index in [0.717, 1.165) is 49.7 Å². The molecule has 5 aromatic rings. The van der Waals surface area contributed by atoms with E-state index in [1.54, 1.807) is 31.2 Å². The minimum absolute atomic E-state index is 0.0296. The van der Waals surface area contributed by atoms with Crippen LogP contribution in [0.4, 0.5) is 52.5 Å². The predicted molar refractivity (Wildman–Crippen MR) is 200 cm³/mol. The zero-order valence-electron chi connectivity index (χ0n) is 30.0. The SMILES string of the molecule is COc1ccc(N(C(=O)Oc2cc(C(=O)Nc3cccc(C(F)(F)F)c3)ccc2C)c2ccnc(Nc3ccc(N4CCN(C)CC4)cc3)n2)c(OC)c1. The van der Waals surface area contributed by atoms with Crippen molar-refractivity contribution in [1.82, 2.24) is 14.9 Å².